The van der Waals surface area contributed by atoms with E-state index in [-0.39, 0.29) is 23.3 Å². The number of aromatic nitrogens is 3. The average molecular weight is 395 g/mol. The second kappa shape index (κ2) is 8.56. The highest BCUT2D eigenvalue weighted by atomic mass is 32.2. The van der Waals surface area contributed by atoms with Crippen molar-refractivity contribution in [2.24, 2.45) is 0 Å². The molecule has 0 atom stereocenters. The summed E-state index contributed by atoms with van der Waals surface area (Å²) in [6.07, 6.45) is 7.90. The summed E-state index contributed by atoms with van der Waals surface area (Å²) in [7, 11) is 0. The molecule has 0 saturated heterocycles. The Hall–Kier alpha value is -2.67. The second-order valence-corrected chi connectivity index (χ2v) is 7.94. The van der Waals surface area contributed by atoms with Crippen molar-refractivity contribution in [3.05, 3.63) is 64.7 Å². The third-order valence-corrected chi connectivity index (χ3v) is 5.92. The smallest absolute Gasteiger partial charge is 0.262 e. The van der Waals surface area contributed by atoms with E-state index in [9.17, 15) is 9.59 Å². The number of thioether (sulfide) groups is 1. The Kier molecular flexibility index (Phi) is 5.71. The summed E-state index contributed by atoms with van der Waals surface area (Å²) in [4.78, 5) is 34.2. The van der Waals surface area contributed by atoms with Crippen molar-refractivity contribution in [1.82, 2.24) is 19.9 Å². The number of carbonyl (C=O) groups is 1. The van der Waals surface area contributed by atoms with Crippen LogP contribution in [0.2, 0.25) is 0 Å². The average Bonchev–Trinajstić information content (AvgIpc) is 3.22. The van der Waals surface area contributed by atoms with Crippen molar-refractivity contribution in [1.29, 1.82) is 0 Å². The number of amides is 1. The number of carbonyl (C=O) groups excluding carboxylic acids is 1. The lowest BCUT2D eigenvalue weighted by molar-refractivity contribution is -0.119. The van der Waals surface area contributed by atoms with Gasteiger partial charge in [0, 0.05) is 18.4 Å². The molecule has 3 aromatic rings. The van der Waals surface area contributed by atoms with Crippen molar-refractivity contribution in [3.8, 4) is 0 Å². The standard InChI is InChI=1S/C21H22N4O2S/c26-19(23-16-7-1-2-8-16)14-28-21-24-18-10-4-3-9-17(18)20(27)25(21)13-15-6-5-11-22-12-15/h3-6,9-12,16H,1-2,7-8,13-14H2,(H,23,26). The van der Waals surface area contributed by atoms with Gasteiger partial charge in [-0.25, -0.2) is 4.98 Å². The quantitative estimate of drug-likeness (QED) is 0.514. The van der Waals surface area contributed by atoms with Gasteiger partial charge in [-0.3, -0.25) is 19.1 Å². The number of fused-ring (bicyclic) bond motifs is 1. The van der Waals surface area contributed by atoms with Crippen LogP contribution in [-0.4, -0.2) is 32.2 Å². The van der Waals surface area contributed by atoms with E-state index in [0.717, 1.165) is 18.4 Å². The van der Waals surface area contributed by atoms with Gasteiger partial charge in [0.25, 0.3) is 5.56 Å². The van der Waals surface area contributed by atoms with Crippen LogP contribution in [0.5, 0.6) is 0 Å². The summed E-state index contributed by atoms with van der Waals surface area (Å²) < 4.78 is 1.63. The molecule has 1 amide bonds. The Labute approximate surface area is 167 Å². The van der Waals surface area contributed by atoms with Crippen LogP contribution in [0.1, 0.15) is 31.2 Å². The number of nitrogens with one attached hydrogen (secondary N) is 1. The number of benzene rings is 1. The van der Waals surface area contributed by atoms with Crippen LogP contribution in [0, 0.1) is 0 Å². The molecule has 0 spiro atoms. The van der Waals surface area contributed by atoms with Gasteiger partial charge in [0.2, 0.25) is 5.91 Å². The van der Waals surface area contributed by atoms with Crippen LogP contribution in [-0.2, 0) is 11.3 Å². The number of rotatable bonds is 6. The summed E-state index contributed by atoms with van der Waals surface area (Å²) in [5.41, 5.74) is 1.46. The van der Waals surface area contributed by atoms with E-state index in [2.05, 4.69) is 15.3 Å². The first-order chi connectivity index (χ1) is 13.7. The van der Waals surface area contributed by atoms with Gasteiger partial charge in [-0.05, 0) is 36.6 Å². The zero-order valence-electron chi connectivity index (χ0n) is 15.5. The second-order valence-electron chi connectivity index (χ2n) is 7.00. The lowest BCUT2D eigenvalue weighted by Crippen LogP contribution is -2.34. The Bertz CT molecular complexity index is 1030. The zero-order valence-corrected chi connectivity index (χ0v) is 16.3. The van der Waals surface area contributed by atoms with Crippen LogP contribution in [0.3, 0.4) is 0 Å². The number of pyridine rings is 1. The van der Waals surface area contributed by atoms with Crippen molar-refractivity contribution in [3.63, 3.8) is 0 Å². The topological polar surface area (TPSA) is 76.9 Å². The molecule has 1 aromatic carbocycles. The molecule has 0 radical (unpaired) electrons. The van der Waals surface area contributed by atoms with E-state index < -0.39 is 0 Å². The molecule has 1 saturated carbocycles. The van der Waals surface area contributed by atoms with Gasteiger partial charge in [0.15, 0.2) is 5.16 Å². The highest BCUT2D eigenvalue weighted by Gasteiger charge is 2.18. The minimum atomic E-state index is -0.104. The third-order valence-electron chi connectivity index (χ3n) is 4.94. The SMILES string of the molecule is O=C(CSc1nc2ccccc2c(=O)n1Cc1cccnc1)NC1CCCC1. The van der Waals surface area contributed by atoms with Crippen LogP contribution < -0.4 is 10.9 Å². The normalized spacial score (nSPS) is 14.4. The van der Waals surface area contributed by atoms with E-state index in [1.165, 1.54) is 24.6 Å². The summed E-state index contributed by atoms with van der Waals surface area (Å²) in [6, 6.07) is 11.4. The molecule has 144 valence electrons. The molecule has 6 nitrogen and oxygen atoms in total. The summed E-state index contributed by atoms with van der Waals surface area (Å²) in [5, 5.41) is 4.21. The Morgan fingerprint density at radius 2 is 2.00 bits per heavy atom. The van der Waals surface area contributed by atoms with E-state index in [1.807, 2.05) is 30.3 Å². The van der Waals surface area contributed by atoms with Gasteiger partial charge in [-0.2, -0.15) is 0 Å². The predicted octanol–water partition coefficient (Wildman–Crippen LogP) is 2.99. The minimum Gasteiger partial charge on any atom is -0.353 e. The zero-order chi connectivity index (χ0) is 19.3. The molecule has 2 heterocycles. The fourth-order valence-corrected chi connectivity index (χ4v) is 4.35. The van der Waals surface area contributed by atoms with Gasteiger partial charge >= 0.3 is 0 Å². The first-order valence-electron chi connectivity index (χ1n) is 9.51. The largest absolute Gasteiger partial charge is 0.353 e. The number of hydrogen-bond acceptors (Lipinski definition) is 5. The first kappa shape index (κ1) is 18.7. The van der Waals surface area contributed by atoms with Crippen LogP contribution in [0.4, 0.5) is 0 Å². The molecule has 0 bridgehead atoms. The highest BCUT2D eigenvalue weighted by Crippen LogP contribution is 2.20. The molecular weight excluding hydrogens is 372 g/mol. The molecule has 2 aromatic heterocycles. The molecule has 0 unspecified atom stereocenters. The maximum Gasteiger partial charge on any atom is 0.262 e. The Morgan fingerprint density at radius 3 is 2.79 bits per heavy atom. The molecular formula is C21H22N4O2S. The van der Waals surface area contributed by atoms with Crippen molar-refractivity contribution in [2.75, 3.05) is 5.75 Å². The number of nitrogens with zero attached hydrogens (tertiary/aromatic N) is 3. The maximum absolute atomic E-state index is 13.1. The van der Waals surface area contributed by atoms with E-state index in [4.69, 9.17) is 0 Å². The van der Waals surface area contributed by atoms with Crippen LogP contribution >= 0.6 is 11.8 Å². The van der Waals surface area contributed by atoms with Gasteiger partial charge < -0.3 is 5.32 Å². The summed E-state index contributed by atoms with van der Waals surface area (Å²) in [6.45, 7) is 0.372. The Morgan fingerprint density at radius 1 is 1.18 bits per heavy atom. The highest BCUT2D eigenvalue weighted by molar-refractivity contribution is 7.99. The lowest BCUT2D eigenvalue weighted by Gasteiger charge is -2.14. The summed E-state index contributed by atoms with van der Waals surface area (Å²) >= 11 is 1.31. The molecule has 0 aliphatic heterocycles. The Balaban J connectivity index is 1.60. The number of hydrogen-bond donors (Lipinski definition) is 1. The van der Waals surface area contributed by atoms with E-state index in [0.29, 0.717) is 22.6 Å². The first-order valence-corrected chi connectivity index (χ1v) is 10.5. The van der Waals surface area contributed by atoms with Gasteiger partial charge in [0.1, 0.15) is 0 Å². The van der Waals surface area contributed by atoms with Crippen LogP contribution in [0.25, 0.3) is 10.9 Å². The molecule has 1 aliphatic rings. The minimum absolute atomic E-state index is 0.00719. The fraction of sp³-hybridized carbons (Fsp3) is 0.333. The van der Waals surface area contributed by atoms with Gasteiger partial charge in [-0.1, -0.05) is 42.8 Å². The molecule has 1 aliphatic carbocycles. The fourth-order valence-electron chi connectivity index (χ4n) is 3.54. The van der Waals surface area contributed by atoms with Gasteiger partial charge in [-0.15, -0.1) is 0 Å². The molecule has 1 fully saturated rings. The maximum atomic E-state index is 13.1. The van der Waals surface area contributed by atoms with Crippen molar-refractivity contribution >= 4 is 28.6 Å². The van der Waals surface area contributed by atoms with Crippen molar-refractivity contribution in [2.45, 2.75) is 43.4 Å². The lowest BCUT2D eigenvalue weighted by atomic mass is 10.2. The molecule has 28 heavy (non-hydrogen) atoms. The van der Waals surface area contributed by atoms with Gasteiger partial charge in [0.05, 0.1) is 23.2 Å². The predicted molar refractivity (Wildman–Crippen MR) is 110 cm³/mol. The van der Waals surface area contributed by atoms with Crippen LogP contribution in [0.15, 0.2) is 58.7 Å². The van der Waals surface area contributed by atoms with E-state index >= 15 is 0 Å². The van der Waals surface area contributed by atoms with E-state index in [1.54, 1.807) is 23.0 Å². The monoisotopic (exact) mass is 394 g/mol. The van der Waals surface area contributed by atoms with Crippen molar-refractivity contribution < 1.29 is 4.79 Å². The summed E-state index contributed by atoms with van der Waals surface area (Å²) in [5.74, 6) is 0.237. The molecule has 1 N–H and O–H groups in total. The molecule has 4 rings (SSSR count). The number of para-hydroxylation sites is 1. The third kappa shape index (κ3) is 4.25. The molecule has 7 heteroatoms.